The Balaban J connectivity index is 1.46. The van der Waals surface area contributed by atoms with E-state index in [4.69, 9.17) is 4.42 Å². The molecule has 4 nitrogen and oxygen atoms in total. The lowest BCUT2D eigenvalue weighted by atomic mass is 9.99. The van der Waals surface area contributed by atoms with Crippen molar-refractivity contribution >= 4 is 11.3 Å². The first-order chi connectivity index (χ1) is 12.6. The predicted molar refractivity (Wildman–Crippen MR) is 101 cm³/mol. The van der Waals surface area contributed by atoms with Gasteiger partial charge < -0.3 is 4.42 Å². The summed E-state index contributed by atoms with van der Waals surface area (Å²) in [5, 5.41) is 8.46. The van der Waals surface area contributed by atoms with Crippen LogP contribution in [0.15, 0.2) is 34.7 Å². The standard InChI is InChI=1S/C20H22FN3OS/c1-13(14-7-9-16(21)10-8-14)24(2)12-19-22-23-20(25-19)18-11-15-5-3-4-6-17(15)26-18/h7-11,13H,3-6,12H2,1-2H3. The summed E-state index contributed by atoms with van der Waals surface area (Å²) in [6, 6.07) is 8.94. The van der Waals surface area contributed by atoms with Crippen LogP contribution in [0.3, 0.4) is 0 Å². The first-order valence-electron chi connectivity index (χ1n) is 9.00. The summed E-state index contributed by atoms with van der Waals surface area (Å²) in [7, 11) is 2.00. The maximum atomic E-state index is 13.1. The van der Waals surface area contributed by atoms with Crippen molar-refractivity contribution in [3.05, 3.63) is 58.0 Å². The van der Waals surface area contributed by atoms with Crippen LogP contribution >= 0.6 is 11.3 Å². The molecule has 0 fully saturated rings. The van der Waals surface area contributed by atoms with Crippen molar-refractivity contribution in [1.82, 2.24) is 15.1 Å². The van der Waals surface area contributed by atoms with Gasteiger partial charge in [0.25, 0.3) is 5.89 Å². The van der Waals surface area contributed by atoms with Gasteiger partial charge in [-0.15, -0.1) is 21.5 Å². The fraction of sp³-hybridized carbons (Fsp3) is 0.400. The van der Waals surface area contributed by atoms with Crippen molar-refractivity contribution in [3.8, 4) is 10.8 Å². The molecule has 0 N–H and O–H groups in total. The Kier molecular flexibility index (Phi) is 4.87. The second kappa shape index (κ2) is 7.29. The molecule has 2 aromatic heterocycles. The van der Waals surface area contributed by atoms with E-state index in [-0.39, 0.29) is 11.9 Å². The number of nitrogens with zero attached hydrogens (tertiary/aromatic N) is 3. The van der Waals surface area contributed by atoms with Crippen LogP contribution in [-0.4, -0.2) is 22.1 Å². The van der Waals surface area contributed by atoms with Crippen molar-refractivity contribution in [3.63, 3.8) is 0 Å². The third-order valence-electron chi connectivity index (χ3n) is 5.07. The predicted octanol–water partition coefficient (Wildman–Crippen LogP) is 5.01. The molecule has 0 saturated heterocycles. The minimum absolute atomic E-state index is 0.125. The molecule has 0 saturated carbocycles. The molecule has 0 spiro atoms. The molecular formula is C20H22FN3OS. The van der Waals surface area contributed by atoms with Gasteiger partial charge in [0.05, 0.1) is 11.4 Å². The Bertz CT molecular complexity index is 863. The van der Waals surface area contributed by atoms with Crippen LogP contribution in [0.2, 0.25) is 0 Å². The van der Waals surface area contributed by atoms with Gasteiger partial charge in [-0.05, 0) is 69.0 Å². The average Bonchev–Trinajstić information content (AvgIpc) is 3.28. The van der Waals surface area contributed by atoms with Crippen molar-refractivity contribution in [2.24, 2.45) is 0 Å². The molecule has 0 bridgehead atoms. The Labute approximate surface area is 156 Å². The minimum Gasteiger partial charge on any atom is -0.419 e. The fourth-order valence-electron chi connectivity index (χ4n) is 3.36. The van der Waals surface area contributed by atoms with Crippen molar-refractivity contribution in [2.75, 3.05) is 7.05 Å². The zero-order chi connectivity index (χ0) is 18.1. The van der Waals surface area contributed by atoms with Gasteiger partial charge in [0, 0.05) is 10.9 Å². The Morgan fingerprint density at radius 3 is 2.73 bits per heavy atom. The lowest BCUT2D eigenvalue weighted by Crippen LogP contribution is -2.22. The van der Waals surface area contributed by atoms with E-state index in [1.165, 1.54) is 41.8 Å². The van der Waals surface area contributed by atoms with Gasteiger partial charge in [0.1, 0.15) is 5.82 Å². The summed E-state index contributed by atoms with van der Waals surface area (Å²) in [5.74, 6) is 0.994. The SMILES string of the molecule is CC(c1ccc(F)cc1)N(C)Cc1nnc(-c2cc3c(s2)CCCC3)o1. The normalized spacial score (nSPS) is 15.2. The van der Waals surface area contributed by atoms with E-state index in [1.54, 1.807) is 11.3 Å². The quantitative estimate of drug-likeness (QED) is 0.632. The van der Waals surface area contributed by atoms with E-state index >= 15 is 0 Å². The van der Waals surface area contributed by atoms with E-state index in [0.29, 0.717) is 18.3 Å². The highest BCUT2D eigenvalue weighted by molar-refractivity contribution is 7.15. The molecule has 2 heterocycles. The van der Waals surface area contributed by atoms with Crippen LogP contribution in [0, 0.1) is 5.82 Å². The van der Waals surface area contributed by atoms with Crippen LogP contribution in [0.25, 0.3) is 10.8 Å². The molecule has 1 atom stereocenters. The molecule has 26 heavy (non-hydrogen) atoms. The van der Waals surface area contributed by atoms with Crippen LogP contribution < -0.4 is 0 Å². The number of benzene rings is 1. The fourth-order valence-corrected chi connectivity index (χ4v) is 4.53. The first kappa shape index (κ1) is 17.4. The molecular weight excluding hydrogens is 349 g/mol. The smallest absolute Gasteiger partial charge is 0.257 e. The van der Waals surface area contributed by atoms with Gasteiger partial charge in [0.15, 0.2) is 0 Å². The number of thiophene rings is 1. The van der Waals surface area contributed by atoms with Crippen molar-refractivity contribution in [1.29, 1.82) is 0 Å². The molecule has 0 amide bonds. The number of fused-ring (bicyclic) bond motifs is 1. The Morgan fingerprint density at radius 1 is 1.19 bits per heavy atom. The topological polar surface area (TPSA) is 42.2 Å². The molecule has 1 aliphatic rings. The maximum Gasteiger partial charge on any atom is 0.257 e. The number of aromatic nitrogens is 2. The van der Waals surface area contributed by atoms with E-state index in [9.17, 15) is 4.39 Å². The number of hydrogen-bond acceptors (Lipinski definition) is 5. The number of halogens is 1. The van der Waals surface area contributed by atoms with Crippen LogP contribution in [0.5, 0.6) is 0 Å². The van der Waals surface area contributed by atoms with E-state index in [2.05, 4.69) is 28.1 Å². The maximum absolute atomic E-state index is 13.1. The second-order valence-corrected chi connectivity index (χ2v) is 8.05. The van der Waals surface area contributed by atoms with Crippen LogP contribution in [0.4, 0.5) is 4.39 Å². The summed E-state index contributed by atoms with van der Waals surface area (Å²) in [5.41, 5.74) is 2.50. The molecule has 0 radical (unpaired) electrons. The summed E-state index contributed by atoms with van der Waals surface area (Å²) >= 11 is 1.78. The second-order valence-electron chi connectivity index (χ2n) is 6.91. The molecule has 0 aliphatic heterocycles. The highest BCUT2D eigenvalue weighted by Crippen LogP contribution is 2.35. The lowest BCUT2D eigenvalue weighted by molar-refractivity contribution is 0.228. The highest BCUT2D eigenvalue weighted by atomic mass is 32.1. The monoisotopic (exact) mass is 371 g/mol. The third kappa shape index (κ3) is 3.57. The number of hydrogen-bond donors (Lipinski definition) is 0. The van der Waals surface area contributed by atoms with Crippen LogP contribution in [0.1, 0.15) is 47.7 Å². The minimum atomic E-state index is -0.219. The third-order valence-corrected chi connectivity index (χ3v) is 6.30. The van der Waals surface area contributed by atoms with Gasteiger partial charge >= 0.3 is 0 Å². The zero-order valence-electron chi connectivity index (χ0n) is 15.0. The Morgan fingerprint density at radius 2 is 1.96 bits per heavy atom. The molecule has 6 heteroatoms. The summed E-state index contributed by atoms with van der Waals surface area (Å²) in [6.45, 7) is 2.63. The molecule has 1 aromatic carbocycles. The van der Waals surface area contributed by atoms with Gasteiger partial charge in [-0.2, -0.15) is 0 Å². The van der Waals surface area contributed by atoms with Gasteiger partial charge in [-0.1, -0.05) is 12.1 Å². The van der Waals surface area contributed by atoms with Gasteiger partial charge in [0.2, 0.25) is 5.89 Å². The number of rotatable bonds is 5. The van der Waals surface area contributed by atoms with E-state index in [0.717, 1.165) is 16.9 Å². The molecule has 1 unspecified atom stereocenters. The average molecular weight is 371 g/mol. The first-order valence-corrected chi connectivity index (χ1v) is 9.82. The van der Waals surface area contributed by atoms with Crippen molar-refractivity contribution in [2.45, 2.75) is 45.2 Å². The largest absolute Gasteiger partial charge is 0.419 e. The summed E-state index contributed by atoms with van der Waals surface area (Å²) < 4.78 is 19.0. The van der Waals surface area contributed by atoms with E-state index < -0.39 is 0 Å². The highest BCUT2D eigenvalue weighted by Gasteiger charge is 2.19. The molecule has 1 aliphatic carbocycles. The Hall–Kier alpha value is -2.05. The summed E-state index contributed by atoms with van der Waals surface area (Å²) in [4.78, 5) is 4.65. The molecule has 4 rings (SSSR count). The van der Waals surface area contributed by atoms with Gasteiger partial charge in [-0.25, -0.2) is 4.39 Å². The lowest BCUT2D eigenvalue weighted by Gasteiger charge is -2.23. The van der Waals surface area contributed by atoms with Crippen molar-refractivity contribution < 1.29 is 8.81 Å². The number of aryl methyl sites for hydroxylation is 2. The van der Waals surface area contributed by atoms with Crippen LogP contribution in [-0.2, 0) is 19.4 Å². The van der Waals surface area contributed by atoms with E-state index in [1.807, 2.05) is 19.2 Å². The van der Waals surface area contributed by atoms with Gasteiger partial charge in [-0.3, -0.25) is 4.90 Å². The zero-order valence-corrected chi connectivity index (χ0v) is 15.9. The molecule has 3 aromatic rings. The molecule has 136 valence electrons. The summed E-state index contributed by atoms with van der Waals surface area (Å²) in [6.07, 6.45) is 4.86.